The van der Waals surface area contributed by atoms with Gasteiger partial charge in [-0.05, 0) is 19.8 Å². The number of rotatable bonds is 2. The molecule has 4 N–H and O–H groups in total. The van der Waals surface area contributed by atoms with Crippen molar-refractivity contribution in [3.05, 3.63) is 0 Å². The molecule has 0 saturated heterocycles. The highest BCUT2D eigenvalue weighted by molar-refractivity contribution is 5.86. The lowest BCUT2D eigenvalue weighted by Gasteiger charge is -2.46. The monoisotopic (exact) mass is 173 g/mol. The zero-order valence-corrected chi connectivity index (χ0v) is 6.70. The molecular weight excluding hydrogens is 162 g/mol. The van der Waals surface area contributed by atoms with E-state index < -0.39 is 22.9 Å². The van der Waals surface area contributed by atoms with Crippen molar-refractivity contribution >= 4 is 11.9 Å². The molecule has 0 aliphatic heterocycles. The van der Waals surface area contributed by atoms with E-state index in [0.29, 0.717) is 0 Å². The molecule has 1 rings (SSSR count). The second-order valence-electron chi connectivity index (χ2n) is 3.68. The van der Waals surface area contributed by atoms with Gasteiger partial charge in [-0.3, -0.25) is 9.59 Å². The Hall–Kier alpha value is -1.10. The predicted octanol–water partition coefficient (Wildman–Crippen LogP) is -0.347. The van der Waals surface area contributed by atoms with Crippen molar-refractivity contribution in [2.75, 3.05) is 0 Å². The van der Waals surface area contributed by atoms with E-state index in [2.05, 4.69) is 0 Å². The van der Waals surface area contributed by atoms with E-state index in [9.17, 15) is 9.59 Å². The Labute approximate surface area is 69.2 Å². The van der Waals surface area contributed by atoms with Crippen molar-refractivity contribution in [3.8, 4) is 0 Å². The third kappa shape index (κ3) is 1.06. The minimum atomic E-state index is -1.33. The SMILES string of the molecule is CC1(C(=O)O)CC(N)(C(=O)O)C1. The van der Waals surface area contributed by atoms with E-state index in [1.165, 1.54) is 6.92 Å². The summed E-state index contributed by atoms with van der Waals surface area (Å²) in [6, 6.07) is 0. The second kappa shape index (κ2) is 2.20. The minimum Gasteiger partial charge on any atom is -0.481 e. The van der Waals surface area contributed by atoms with Gasteiger partial charge in [-0.15, -0.1) is 0 Å². The molecule has 5 nitrogen and oxygen atoms in total. The highest BCUT2D eigenvalue weighted by atomic mass is 16.4. The van der Waals surface area contributed by atoms with Gasteiger partial charge < -0.3 is 15.9 Å². The quantitative estimate of drug-likeness (QED) is 0.530. The molecular formula is C7H11NO4. The van der Waals surface area contributed by atoms with Crippen molar-refractivity contribution in [2.24, 2.45) is 11.1 Å². The van der Waals surface area contributed by atoms with E-state index in [0.717, 1.165) is 0 Å². The Balaban J connectivity index is 2.68. The number of hydrogen-bond donors (Lipinski definition) is 3. The molecule has 68 valence electrons. The molecule has 0 unspecified atom stereocenters. The molecule has 1 saturated carbocycles. The Kier molecular flexibility index (Phi) is 1.64. The van der Waals surface area contributed by atoms with Crippen molar-refractivity contribution < 1.29 is 19.8 Å². The van der Waals surface area contributed by atoms with Crippen LogP contribution in [0.25, 0.3) is 0 Å². The van der Waals surface area contributed by atoms with Gasteiger partial charge in [-0.2, -0.15) is 0 Å². The van der Waals surface area contributed by atoms with Gasteiger partial charge in [-0.1, -0.05) is 0 Å². The van der Waals surface area contributed by atoms with Crippen molar-refractivity contribution in [1.82, 2.24) is 0 Å². The maximum atomic E-state index is 10.6. The summed E-state index contributed by atoms with van der Waals surface area (Å²) in [5.41, 5.74) is 3.12. The predicted molar refractivity (Wildman–Crippen MR) is 39.5 cm³/mol. The van der Waals surface area contributed by atoms with Crippen LogP contribution >= 0.6 is 0 Å². The summed E-state index contributed by atoms with van der Waals surface area (Å²) in [5, 5.41) is 17.2. The van der Waals surface area contributed by atoms with Crippen molar-refractivity contribution in [2.45, 2.75) is 25.3 Å². The first kappa shape index (κ1) is 8.99. The molecule has 1 aliphatic carbocycles. The molecule has 0 radical (unpaired) electrons. The third-order valence-electron chi connectivity index (χ3n) is 2.35. The summed E-state index contributed by atoms with van der Waals surface area (Å²) >= 11 is 0. The van der Waals surface area contributed by atoms with Crippen LogP contribution in [0.4, 0.5) is 0 Å². The van der Waals surface area contributed by atoms with Gasteiger partial charge in [0.2, 0.25) is 0 Å². The molecule has 5 heteroatoms. The average molecular weight is 173 g/mol. The first-order valence-electron chi connectivity index (χ1n) is 3.56. The van der Waals surface area contributed by atoms with Crippen LogP contribution in [0.1, 0.15) is 19.8 Å². The zero-order chi connectivity index (χ0) is 9.57. The van der Waals surface area contributed by atoms with Crippen LogP contribution in [-0.4, -0.2) is 27.7 Å². The molecule has 0 atom stereocenters. The lowest BCUT2D eigenvalue weighted by molar-refractivity contribution is -0.166. The summed E-state index contributed by atoms with van der Waals surface area (Å²) < 4.78 is 0. The summed E-state index contributed by atoms with van der Waals surface area (Å²) in [6.07, 6.45) is 0.00926. The first-order chi connectivity index (χ1) is 5.30. The van der Waals surface area contributed by atoms with E-state index in [1.54, 1.807) is 0 Å². The van der Waals surface area contributed by atoms with E-state index in [-0.39, 0.29) is 12.8 Å². The highest BCUT2D eigenvalue weighted by Crippen LogP contribution is 2.46. The van der Waals surface area contributed by atoms with Gasteiger partial charge in [0.15, 0.2) is 0 Å². The second-order valence-corrected chi connectivity index (χ2v) is 3.68. The molecule has 0 spiro atoms. The summed E-state index contributed by atoms with van der Waals surface area (Å²) in [4.78, 5) is 21.1. The van der Waals surface area contributed by atoms with Crippen LogP contribution < -0.4 is 5.73 Å². The number of hydrogen-bond acceptors (Lipinski definition) is 3. The van der Waals surface area contributed by atoms with Gasteiger partial charge in [0, 0.05) is 0 Å². The summed E-state index contributed by atoms with van der Waals surface area (Å²) in [7, 11) is 0. The Morgan fingerprint density at radius 3 is 1.92 bits per heavy atom. The summed E-state index contributed by atoms with van der Waals surface area (Å²) in [6.45, 7) is 1.50. The molecule has 0 bridgehead atoms. The number of carboxylic acids is 2. The number of carbonyl (C=O) groups is 2. The maximum absolute atomic E-state index is 10.6. The molecule has 0 heterocycles. The molecule has 1 fully saturated rings. The van der Waals surface area contributed by atoms with Crippen molar-refractivity contribution in [3.63, 3.8) is 0 Å². The third-order valence-corrected chi connectivity index (χ3v) is 2.35. The fraction of sp³-hybridized carbons (Fsp3) is 0.714. The Morgan fingerprint density at radius 2 is 1.67 bits per heavy atom. The molecule has 0 amide bonds. The first-order valence-corrected chi connectivity index (χ1v) is 3.56. The van der Waals surface area contributed by atoms with E-state index >= 15 is 0 Å². The van der Waals surface area contributed by atoms with Gasteiger partial charge in [0.05, 0.1) is 5.41 Å². The molecule has 0 aromatic carbocycles. The molecule has 0 aromatic heterocycles. The number of aliphatic carboxylic acids is 2. The van der Waals surface area contributed by atoms with Crippen LogP contribution in [0.3, 0.4) is 0 Å². The standard InChI is InChI=1S/C7H11NO4/c1-6(4(9)10)2-7(8,3-6)5(11)12/h2-3,8H2,1H3,(H,9,10)(H,11,12). The fourth-order valence-corrected chi connectivity index (χ4v) is 1.64. The van der Waals surface area contributed by atoms with Crippen LogP contribution in [0.5, 0.6) is 0 Å². The largest absolute Gasteiger partial charge is 0.481 e. The Bertz CT molecular complexity index is 218. The number of carboxylic acid groups (broad SMARTS) is 2. The molecule has 12 heavy (non-hydrogen) atoms. The van der Waals surface area contributed by atoms with E-state index in [1.807, 2.05) is 0 Å². The molecule has 1 aliphatic rings. The van der Waals surface area contributed by atoms with Crippen LogP contribution in [0.15, 0.2) is 0 Å². The number of nitrogens with two attached hydrogens (primary N) is 1. The van der Waals surface area contributed by atoms with E-state index in [4.69, 9.17) is 15.9 Å². The normalized spacial score (nSPS) is 40.2. The lowest BCUT2D eigenvalue weighted by atomic mass is 9.59. The highest BCUT2D eigenvalue weighted by Gasteiger charge is 2.58. The van der Waals surface area contributed by atoms with Crippen LogP contribution in [-0.2, 0) is 9.59 Å². The van der Waals surface area contributed by atoms with Crippen molar-refractivity contribution in [1.29, 1.82) is 0 Å². The van der Waals surface area contributed by atoms with Crippen LogP contribution in [0.2, 0.25) is 0 Å². The molecule has 0 aromatic rings. The lowest BCUT2D eigenvalue weighted by Crippen LogP contribution is -2.64. The maximum Gasteiger partial charge on any atom is 0.323 e. The summed E-state index contributed by atoms with van der Waals surface area (Å²) in [5.74, 6) is -2.11. The fourth-order valence-electron chi connectivity index (χ4n) is 1.64. The van der Waals surface area contributed by atoms with Gasteiger partial charge in [0.25, 0.3) is 0 Å². The Morgan fingerprint density at radius 1 is 1.25 bits per heavy atom. The van der Waals surface area contributed by atoms with Crippen LogP contribution in [0, 0.1) is 5.41 Å². The minimum absolute atomic E-state index is 0.00463. The topological polar surface area (TPSA) is 101 Å². The average Bonchev–Trinajstić information content (AvgIpc) is 1.83. The zero-order valence-electron chi connectivity index (χ0n) is 6.70. The van der Waals surface area contributed by atoms with Gasteiger partial charge >= 0.3 is 11.9 Å². The van der Waals surface area contributed by atoms with Gasteiger partial charge in [-0.25, -0.2) is 0 Å². The smallest absolute Gasteiger partial charge is 0.323 e. The van der Waals surface area contributed by atoms with Gasteiger partial charge in [0.1, 0.15) is 5.54 Å².